The molecule has 1 unspecified atom stereocenters. The summed E-state index contributed by atoms with van der Waals surface area (Å²) in [7, 11) is 1.27. The summed E-state index contributed by atoms with van der Waals surface area (Å²) in [5.74, 6) is -0.759. The van der Waals surface area contributed by atoms with Crippen molar-refractivity contribution in [2.75, 3.05) is 18.2 Å². The number of Topliss-reactive ketones (excluding diaryl/α,β-unsaturated/α-hetero) is 1. The molecular weight excluding hydrogens is 292 g/mol. The fourth-order valence-electron chi connectivity index (χ4n) is 1.89. The summed E-state index contributed by atoms with van der Waals surface area (Å²) < 4.78 is 4.74. The number of aromatic amines is 1. The molecule has 2 aromatic heterocycles. The second-order valence-electron chi connectivity index (χ2n) is 4.49. The van der Waals surface area contributed by atoms with Gasteiger partial charge in [-0.1, -0.05) is 0 Å². The summed E-state index contributed by atoms with van der Waals surface area (Å²) in [4.78, 5) is 23.8. The summed E-state index contributed by atoms with van der Waals surface area (Å²) in [5, 5.41) is 10.3. The normalized spacial score (nSPS) is 12.0. The number of anilines is 2. The summed E-state index contributed by atoms with van der Waals surface area (Å²) >= 11 is 1.15. The molecule has 0 saturated carbocycles. The molecule has 0 fully saturated rings. The minimum absolute atomic E-state index is 0.106. The molecule has 2 heterocycles. The van der Waals surface area contributed by atoms with E-state index >= 15 is 0 Å². The van der Waals surface area contributed by atoms with E-state index < -0.39 is 5.97 Å². The van der Waals surface area contributed by atoms with Crippen molar-refractivity contribution >= 4 is 33.8 Å². The smallest absolute Gasteiger partial charge is 0.343 e. The zero-order chi connectivity index (χ0) is 15.6. The van der Waals surface area contributed by atoms with Crippen molar-refractivity contribution in [1.29, 1.82) is 0 Å². The predicted molar refractivity (Wildman–Crippen MR) is 80.7 cm³/mol. The van der Waals surface area contributed by atoms with Crippen LogP contribution in [0.4, 0.5) is 10.7 Å². The maximum absolute atomic E-state index is 11.9. The number of methoxy groups -OCH3 is 1. The van der Waals surface area contributed by atoms with Gasteiger partial charge in [-0.25, -0.2) is 4.79 Å². The van der Waals surface area contributed by atoms with Crippen LogP contribution in [0.2, 0.25) is 0 Å². The van der Waals surface area contributed by atoms with Crippen LogP contribution >= 0.6 is 11.3 Å². The number of aromatic nitrogens is 2. The zero-order valence-electron chi connectivity index (χ0n) is 11.9. The molecule has 0 aliphatic heterocycles. The van der Waals surface area contributed by atoms with Crippen molar-refractivity contribution in [2.45, 2.75) is 19.9 Å². The number of esters is 1. The molecule has 0 aliphatic rings. The molecule has 0 amide bonds. The first-order chi connectivity index (χ1) is 9.95. The van der Waals surface area contributed by atoms with Gasteiger partial charge in [0, 0.05) is 18.7 Å². The van der Waals surface area contributed by atoms with Crippen molar-refractivity contribution < 1.29 is 14.3 Å². The predicted octanol–water partition coefficient (Wildman–Crippen LogP) is 2.22. The van der Waals surface area contributed by atoms with Crippen LogP contribution in [0.15, 0.2) is 12.4 Å². The van der Waals surface area contributed by atoms with Gasteiger partial charge in [-0.15, -0.1) is 11.3 Å². The second kappa shape index (κ2) is 5.96. The number of carbonyl (C=O) groups excluding carboxylic acids is 2. The van der Waals surface area contributed by atoms with Crippen LogP contribution in [-0.4, -0.2) is 29.1 Å². The van der Waals surface area contributed by atoms with E-state index in [1.807, 2.05) is 6.92 Å². The van der Waals surface area contributed by atoms with Gasteiger partial charge in [0.2, 0.25) is 0 Å². The summed E-state index contributed by atoms with van der Waals surface area (Å²) in [6, 6.07) is -0.106. The summed E-state index contributed by atoms with van der Waals surface area (Å²) in [6.07, 6.45) is 3.43. The lowest BCUT2D eigenvalue weighted by molar-refractivity contribution is 0.0603. The van der Waals surface area contributed by atoms with E-state index in [-0.39, 0.29) is 23.1 Å². The van der Waals surface area contributed by atoms with E-state index in [2.05, 4.69) is 15.5 Å². The standard InChI is InChI=1S/C13H16N4O3S/c1-6(8-4-15-16-5-8)17-12-9(13(19)20-3)10(14)11(21-12)7(2)18/h4-6,17H,14H2,1-3H3,(H,15,16). The lowest BCUT2D eigenvalue weighted by Gasteiger charge is -2.13. The Hall–Kier alpha value is -2.35. The first-order valence-corrected chi connectivity index (χ1v) is 7.04. The molecule has 7 nitrogen and oxygen atoms in total. The number of ketones is 1. The van der Waals surface area contributed by atoms with Gasteiger partial charge in [0.15, 0.2) is 5.78 Å². The van der Waals surface area contributed by atoms with Gasteiger partial charge in [0.25, 0.3) is 0 Å². The number of nitrogens with one attached hydrogen (secondary N) is 2. The first kappa shape index (κ1) is 15.0. The van der Waals surface area contributed by atoms with Gasteiger partial charge in [-0.3, -0.25) is 9.89 Å². The fourth-order valence-corrected chi connectivity index (χ4v) is 2.98. The van der Waals surface area contributed by atoms with E-state index in [0.29, 0.717) is 9.88 Å². The minimum Gasteiger partial charge on any atom is -0.465 e. The van der Waals surface area contributed by atoms with Crippen molar-refractivity contribution in [3.63, 3.8) is 0 Å². The first-order valence-electron chi connectivity index (χ1n) is 6.22. The summed E-state index contributed by atoms with van der Waals surface area (Å²) in [6.45, 7) is 3.32. The number of hydrogen-bond donors (Lipinski definition) is 3. The van der Waals surface area contributed by atoms with Gasteiger partial charge >= 0.3 is 5.97 Å². The Labute approximate surface area is 125 Å². The Bertz CT molecular complexity index is 663. The highest BCUT2D eigenvalue weighted by molar-refractivity contribution is 7.19. The lowest BCUT2D eigenvalue weighted by atomic mass is 10.1. The number of nitrogens with two attached hydrogens (primary N) is 1. The third-order valence-electron chi connectivity index (χ3n) is 3.02. The number of hydrogen-bond acceptors (Lipinski definition) is 7. The number of H-pyrrole nitrogens is 1. The number of ether oxygens (including phenoxy) is 1. The van der Waals surface area contributed by atoms with Crippen LogP contribution in [0.25, 0.3) is 0 Å². The number of nitrogens with zero attached hydrogens (tertiary/aromatic N) is 1. The molecule has 4 N–H and O–H groups in total. The van der Waals surface area contributed by atoms with Crippen LogP contribution < -0.4 is 11.1 Å². The van der Waals surface area contributed by atoms with Crippen LogP contribution in [-0.2, 0) is 4.74 Å². The maximum atomic E-state index is 11.9. The second-order valence-corrected chi connectivity index (χ2v) is 5.52. The van der Waals surface area contributed by atoms with E-state index in [4.69, 9.17) is 10.5 Å². The van der Waals surface area contributed by atoms with Crippen LogP contribution in [0.3, 0.4) is 0 Å². The fraction of sp³-hybridized carbons (Fsp3) is 0.308. The summed E-state index contributed by atoms with van der Waals surface area (Å²) in [5.41, 5.74) is 7.18. The third-order valence-corrected chi connectivity index (χ3v) is 4.26. The average molecular weight is 308 g/mol. The number of thiophene rings is 1. The van der Waals surface area contributed by atoms with Gasteiger partial charge in [-0.2, -0.15) is 5.10 Å². The largest absolute Gasteiger partial charge is 0.465 e. The Morgan fingerprint density at radius 3 is 2.76 bits per heavy atom. The van der Waals surface area contributed by atoms with Crippen molar-refractivity contribution in [3.8, 4) is 0 Å². The van der Waals surface area contributed by atoms with E-state index in [9.17, 15) is 9.59 Å². The number of carbonyl (C=O) groups is 2. The van der Waals surface area contributed by atoms with Gasteiger partial charge in [0.1, 0.15) is 10.6 Å². The van der Waals surface area contributed by atoms with E-state index in [1.165, 1.54) is 14.0 Å². The molecule has 0 bridgehead atoms. The van der Waals surface area contributed by atoms with E-state index in [0.717, 1.165) is 16.9 Å². The third kappa shape index (κ3) is 2.89. The number of nitrogen functional groups attached to an aromatic ring is 1. The molecule has 1 atom stereocenters. The average Bonchev–Trinajstić information content (AvgIpc) is 3.06. The van der Waals surface area contributed by atoms with E-state index in [1.54, 1.807) is 12.4 Å². The topological polar surface area (TPSA) is 110 Å². The van der Waals surface area contributed by atoms with Gasteiger partial charge in [0.05, 0.1) is 29.9 Å². The van der Waals surface area contributed by atoms with Gasteiger partial charge in [-0.05, 0) is 6.92 Å². The Balaban J connectivity index is 2.40. The Morgan fingerprint density at radius 2 is 2.24 bits per heavy atom. The van der Waals surface area contributed by atoms with Crippen LogP contribution in [0.5, 0.6) is 0 Å². The van der Waals surface area contributed by atoms with Crippen molar-refractivity contribution in [3.05, 3.63) is 28.4 Å². The van der Waals surface area contributed by atoms with Crippen LogP contribution in [0, 0.1) is 0 Å². The van der Waals surface area contributed by atoms with Gasteiger partial charge < -0.3 is 15.8 Å². The highest BCUT2D eigenvalue weighted by Gasteiger charge is 2.25. The quantitative estimate of drug-likeness (QED) is 0.577. The maximum Gasteiger partial charge on any atom is 0.343 e. The van der Waals surface area contributed by atoms with Crippen LogP contribution in [0.1, 0.15) is 45.5 Å². The highest BCUT2D eigenvalue weighted by Crippen LogP contribution is 2.38. The molecule has 112 valence electrons. The Kier molecular flexibility index (Phi) is 4.27. The highest BCUT2D eigenvalue weighted by atomic mass is 32.1. The van der Waals surface area contributed by atoms with Crippen molar-refractivity contribution in [1.82, 2.24) is 10.2 Å². The SMILES string of the molecule is COC(=O)c1c(NC(C)c2cn[nH]c2)sc(C(C)=O)c1N. The molecule has 2 rings (SSSR count). The lowest BCUT2D eigenvalue weighted by Crippen LogP contribution is -2.10. The molecule has 21 heavy (non-hydrogen) atoms. The molecule has 0 saturated heterocycles. The number of rotatable bonds is 5. The molecule has 0 aliphatic carbocycles. The Morgan fingerprint density at radius 1 is 1.52 bits per heavy atom. The molecule has 0 spiro atoms. The molecular formula is C13H16N4O3S. The van der Waals surface area contributed by atoms with Crippen molar-refractivity contribution in [2.24, 2.45) is 0 Å². The molecule has 8 heteroatoms. The molecule has 2 aromatic rings. The molecule has 0 aromatic carbocycles. The monoisotopic (exact) mass is 308 g/mol. The minimum atomic E-state index is -0.571. The molecule has 0 radical (unpaired) electrons. The zero-order valence-corrected chi connectivity index (χ0v) is 12.7.